The van der Waals surface area contributed by atoms with Crippen LogP contribution in [0.25, 0.3) is 11.0 Å². The highest BCUT2D eigenvalue weighted by Gasteiger charge is 2.58. The highest BCUT2D eigenvalue weighted by molar-refractivity contribution is 7.86. The van der Waals surface area contributed by atoms with Gasteiger partial charge in [-0.15, -0.1) is 0 Å². The SMILES string of the molecule is CC(C)(C)OC(=O)N[C@@H]1C(=O)N2C(C(=O)OC(c3ccccc3)c3ccccc3)=C(C=C3CCN(Cc4nc5ccccc5[nH]4)C3=O)C[S@](=O)[C@H]12. The first-order chi connectivity index (χ1) is 24.5. The quantitative estimate of drug-likeness (QED) is 0.153. The molecule has 3 amide bonds. The summed E-state index contributed by atoms with van der Waals surface area (Å²) in [5.74, 6) is -1.22. The van der Waals surface area contributed by atoms with E-state index in [1.165, 1.54) is 0 Å². The highest BCUT2D eigenvalue weighted by Crippen LogP contribution is 2.38. The largest absolute Gasteiger partial charge is 0.448 e. The molecule has 3 aromatic carbocycles. The van der Waals surface area contributed by atoms with Crippen molar-refractivity contribution in [2.75, 3.05) is 12.3 Å². The molecule has 13 heteroatoms. The summed E-state index contributed by atoms with van der Waals surface area (Å²) in [5, 5.41) is 1.50. The number of carbonyl (C=O) groups is 4. The van der Waals surface area contributed by atoms with Crippen molar-refractivity contribution in [3.05, 3.63) is 125 Å². The van der Waals surface area contributed by atoms with E-state index in [4.69, 9.17) is 9.47 Å². The second kappa shape index (κ2) is 13.6. The number of hydrogen-bond acceptors (Lipinski definition) is 8. The van der Waals surface area contributed by atoms with E-state index in [9.17, 15) is 23.4 Å². The van der Waals surface area contributed by atoms with Crippen LogP contribution in [0.2, 0.25) is 0 Å². The molecule has 2 N–H and O–H groups in total. The zero-order valence-corrected chi connectivity index (χ0v) is 29.1. The number of nitrogens with zero attached hydrogens (tertiary/aromatic N) is 3. The minimum Gasteiger partial charge on any atom is -0.448 e. The second-order valence-corrected chi connectivity index (χ2v) is 15.1. The van der Waals surface area contributed by atoms with E-state index in [0.29, 0.717) is 35.5 Å². The van der Waals surface area contributed by atoms with Crippen molar-refractivity contribution >= 4 is 45.7 Å². The second-order valence-electron chi connectivity index (χ2n) is 13.6. The van der Waals surface area contributed by atoms with Crippen LogP contribution in [0, 0.1) is 0 Å². The number of allylic oxidation sites excluding steroid dienone is 1. The maximum atomic E-state index is 14.3. The van der Waals surface area contributed by atoms with Gasteiger partial charge in [-0.2, -0.15) is 0 Å². The van der Waals surface area contributed by atoms with E-state index >= 15 is 0 Å². The molecule has 4 heterocycles. The molecule has 3 aliphatic heterocycles. The van der Waals surface area contributed by atoms with E-state index in [2.05, 4.69) is 15.3 Å². The molecule has 3 atom stereocenters. The number of fused-ring (bicyclic) bond motifs is 2. The molecule has 4 aromatic rings. The number of aromatic nitrogens is 2. The molecule has 3 aliphatic rings. The fourth-order valence-electron chi connectivity index (χ4n) is 6.51. The Balaban J connectivity index is 1.22. The number of ether oxygens (including phenoxy) is 2. The van der Waals surface area contributed by atoms with E-state index in [0.717, 1.165) is 15.9 Å². The number of β-lactam (4-membered cyclic amide) rings is 1. The van der Waals surface area contributed by atoms with E-state index in [1.807, 2.05) is 84.9 Å². The standard InChI is InChI=1S/C38H37N5O7S/c1-38(2,3)50-37(47)41-30-34(45)43-31(36(46)49-32(23-12-6-4-7-13-23)24-14-8-5-9-15-24)26(22-51(48)35(30)43)20-25-18-19-42(33(25)44)21-29-39-27-16-10-11-17-28(27)40-29/h4-17,20,30,32,35H,18-19,21-22H2,1-3H3,(H,39,40)(H,41,47)/t30-,35-,51+/m1/s1. The molecule has 0 unspecified atom stereocenters. The molecule has 1 aromatic heterocycles. The zero-order chi connectivity index (χ0) is 35.9. The van der Waals surface area contributed by atoms with E-state index < -0.39 is 51.9 Å². The molecular formula is C38H37N5O7S. The van der Waals surface area contributed by atoms with Gasteiger partial charge in [0.2, 0.25) is 5.91 Å². The van der Waals surface area contributed by atoms with Gasteiger partial charge in [0.25, 0.3) is 5.91 Å². The van der Waals surface area contributed by atoms with Gasteiger partial charge < -0.3 is 24.7 Å². The number of rotatable bonds is 8. The van der Waals surface area contributed by atoms with Crippen LogP contribution >= 0.6 is 0 Å². The summed E-state index contributed by atoms with van der Waals surface area (Å²) < 4.78 is 25.3. The van der Waals surface area contributed by atoms with Crippen LogP contribution < -0.4 is 5.32 Å². The molecule has 0 aliphatic carbocycles. The molecule has 0 spiro atoms. The van der Waals surface area contributed by atoms with Gasteiger partial charge in [-0.1, -0.05) is 72.8 Å². The molecule has 0 bridgehead atoms. The van der Waals surface area contributed by atoms with Crippen LogP contribution in [0.3, 0.4) is 0 Å². The van der Waals surface area contributed by atoms with Crippen molar-refractivity contribution < 1.29 is 32.9 Å². The van der Waals surface area contributed by atoms with Gasteiger partial charge >= 0.3 is 12.1 Å². The number of H-pyrrole nitrogens is 1. The Morgan fingerprint density at radius 3 is 2.29 bits per heavy atom. The Bertz CT molecular complexity index is 2030. The molecule has 7 rings (SSSR count). The van der Waals surface area contributed by atoms with Gasteiger partial charge in [0.1, 0.15) is 28.5 Å². The summed E-state index contributed by atoms with van der Waals surface area (Å²) >= 11 is 0. The number of imidazole rings is 1. The first kappa shape index (κ1) is 33.9. The average Bonchev–Trinajstić information content (AvgIpc) is 3.68. The predicted molar refractivity (Wildman–Crippen MR) is 189 cm³/mol. The van der Waals surface area contributed by atoms with Crippen LogP contribution in [-0.2, 0) is 41.2 Å². The van der Waals surface area contributed by atoms with Gasteiger partial charge in [-0.25, -0.2) is 14.6 Å². The molecule has 0 radical (unpaired) electrons. The van der Waals surface area contributed by atoms with Crippen LogP contribution in [0.1, 0.15) is 50.2 Å². The third-order valence-corrected chi connectivity index (χ3v) is 10.4. The van der Waals surface area contributed by atoms with Crippen molar-refractivity contribution in [2.24, 2.45) is 0 Å². The smallest absolute Gasteiger partial charge is 0.408 e. The lowest BCUT2D eigenvalue weighted by Crippen LogP contribution is -2.73. The van der Waals surface area contributed by atoms with Gasteiger partial charge in [0.05, 0.1) is 34.1 Å². The molecule has 262 valence electrons. The monoisotopic (exact) mass is 707 g/mol. The highest BCUT2D eigenvalue weighted by atomic mass is 32.2. The van der Waals surface area contributed by atoms with Crippen molar-refractivity contribution in [2.45, 2.75) is 56.9 Å². The zero-order valence-electron chi connectivity index (χ0n) is 28.3. The minimum absolute atomic E-state index is 0.111. The van der Waals surface area contributed by atoms with Gasteiger partial charge in [-0.05, 0) is 62.1 Å². The number of benzene rings is 3. The topological polar surface area (TPSA) is 151 Å². The Labute approximate surface area is 297 Å². The third-order valence-electron chi connectivity index (χ3n) is 8.79. The number of aromatic amines is 1. The maximum Gasteiger partial charge on any atom is 0.408 e. The van der Waals surface area contributed by atoms with Crippen molar-refractivity contribution in [3.8, 4) is 0 Å². The lowest BCUT2D eigenvalue weighted by atomic mass is 10.00. The first-order valence-corrected chi connectivity index (χ1v) is 18.0. The number of para-hydroxylation sites is 2. The number of carbonyl (C=O) groups excluding carboxylic acids is 4. The maximum absolute atomic E-state index is 14.3. The summed E-state index contributed by atoms with van der Waals surface area (Å²) in [7, 11) is -1.75. The molecule has 2 fully saturated rings. The molecule has 2 saturated heterocycles. The molecule has 51 heavy (non-hydrogen) atoms. The Hall–Kier alpha value is -5.56. The Kier molecular flexibility index (Phi) is 9.06. The van der Waals surface area contributed by atoms with Crippen molar-refractivity contribution in [1.82, 2.24) is 25.1 Å². The summed E-state index contributed by atoms with van der Waals surface area (Å²) in [6.45, 7) is 5.74. The predicted octanol–water partition coefficient (Wildman–Crippen LogP) is 4.63. The number of nitrogens with one attached hydrogen (secondary N) is 2. The van der Waals surface area contributed by atoms with E-state index in [1.54, 1.807) is 31.7 Å². The van der Waals surface area contributed by atoms with Crippen LogP contribution in [0.15, 0.2) is 108 Å². The Morgan fingerprint density at radius 1 is 1.00 bits per heavy atom. The van der Waals surface area contributed by atoms with Crippen molar-refractivity contribution in [1.29, 1.82) is 0 Å². The molecule has 0 saturated carbocycles. The van der Waals surface area contributed by atoms with E-state index in [-0.39, 0.29) is 29.5 Å². The lowest BCUT2D eigenvalue weighted by Gasteiger charge is -2.49. The summed E-state index contributed by atoms with van der Waals surface area (Å²) in [5.41, 5.74) is 2.79. The van der Waals surface area contributed by atoms with Gasteiger partial charge in [-0.3, -0.25) is 18.7 Å². The van der Waals surface area contributed by atoms with Crippen LogP contribution in [-0.4, -0.2) is 77.2 Å². The fourth-order valence-corrected chi connectivity index (χ4v) is 8.14. The molecular weight excluding hydrogens is 671 g/mol. The lowest BCUT2D eigenvalue weighted by molar-refractivity contribution is -0.153. The van der Waals surface area contributed by atoms with Crippen LogP contribution in [0.5, 0.6) is 0 Å². The van der Waals surface area contributed by atoms with Crippen molar-refractivity contribution in [3.63, 3.8) is 0 Å². The third kappa shape index (κ3) is 6.93. The first-order valence-electron chi connectivity index (χ1n) is 16.6. The molecule has 12 nitrogen and oxygen atoms in total. The number of alkyl carbamates (subject to hydrolysis) is 1. The summed E-state index contributed by atoms with van der Waals surface area (Å²) in [6.07, 6.45) is 0.265. The number of esters is 1. The number of amides is 3. The van der Waals surface area contributed by atoms with Gasteiger partial charge in [0.15, 0.2) is 6.10 Å². The van der Waals surface area contributed by atoms with Crippen LogP contribution in [0.4, 0.5) is 4.79 Å². The summed E-state index contributed by atoms with van der Waals surface area (Å²) in [4.78, 5) is 65.0. The number of hydrogen-bond donors (Lipinski definition) is 2. The van der Waals surface area contributed by atoms with Gasteiger partial charge in [0, 0.05) is 12.1 Å². The normalized spacial score (nSPS) is 21.3. The minimum atomic E-state index is -1.75. The Morgan fingerprint density at radius 2 is 1.65 bits per heavy atom. The number of likely N-dealkylation sites (tertiary alicyclic amines) is 1. The summed E-state index contributed by atoms with van der Waals surface area (Å²) in [6, 6.07) is 24.8. The fraction of sp³-hybridized carbons (Fsp3) is 0.289. The average molecular weight is 708 g/mol.